The van der Waals surface area contributed by atoms with Gasteiger partial charge in [-0.1, -0.05) is 29.3 Å². The largest absolute Gasteiger partial charge is 0.865 e. The van der Waals surface area contributed by atoms with Gasteiger partial charge in [0.1, 0.15) is 17.4 Å². The third kappa shape index (κ3) is 3.77. The van der Waals surface area contributed by atoms with E-state index >= 15 is 0 Å². The van der Waals surface area contributed by atoms with Gasteiger partial charge in [0.25, 0.3) is 5.69 Å². The Morgan fingerprint density at radius 3 is 2.73 bits per heavy atom. The molecule has 0 amide bonds. The molecular weight excluding hydrogens is 473 g/mol. The van der Waals surface area contributed by atoms with Gasteiger partial charge in [0, 0.05) is 17.4 Å². The molecule has 10 nitrogen and oxygen atoms in total. The van der Waals surface area contributed by atoms with Gasteiger partial charge in [0.05, 0.1) is 38.8 Å². The van der Waals surface area contributed by atoms with E-state index < -0.39 is 22.3 Å². The van der Waals surface area contributed by atoms with Crippen LogP contribution in [0.3, 0.4) is 0 Å². The number of aromatic amines is 1. The summed E-state index contributed by atoms with van der Waals surface area (Å²) in [4.78, 5) is 10.8. The van der Waals surface area contributed by atoms with Crippen LogP contribution in [-0.4, -0.2) is 21.7 Å². The average molecular weight is 487 g/mol. The van der Waals surface area contributed by atoms with E-state index in [0.29, 0.717) is 21.8 Å². The molecule has 2 heterocycles. The maximum absolute atomic E-state index is 12.5. The van der Waals surface area contributed by atoms with Gasteiger partial charge in [-0.15, -0.1) is 5.10 Å². The molecule has 0 saturated carbocycles. The zero-order valence-corrected chi connectivity index (χ0v) is 18.4. The third-order valence-electron chi connectivity index (χ3n) is 5.03. The number of fused-ring (bicyclic) bond motifs is 1. The molecule has 0 aliphatic carbocycles. The lowest BCUT2D eigenvalue weighted by Crippen LogP contribution is -2.21. The normalized spacial score (nSPS) is 14.9. The first-order valence-electron chi connectivity index (χ1n) is 9.50. The van der Waals surface area contributed by atoms with Crippen LogP contribution in [0.15, 0.2) is 41.8 Å². The van der Waals surface area contributed by atoms with E-state index in [0.717, 1.165) is 6.07 Å². The average Bonchev–Trinajstić information content (AvgIpc) is 3.19. The van der Waals surface area contributed by atoms with Crippen LogP contribution < -0.4 is 20.3 Å². The summed E-state index contributed by atoms with van der Waals surface area (Å²) in [5, 5.41) is 41.5. The fraction of sp³-hybridized carbons (Fsp3) is 0.143. The Kier molecular flexibility index (Phi) is 5.76. The predicted molar refractivity (Wildman–Crippen MR) is 117 cm³/mol. The van der Waals surface area contributed by atoms with E-state index in [-0.39, 0.29) is 40.3 Å². The van der Waals surface area contributed by atoms with E-state index in [2.05, 4.69) is 10.2 Å². The number of nitrogens with one attached hydrogen (secondary N) is 1. The minimum absolute atomic E-state index is 0.0133. The minimum Gasteiger partial charge on any atom is -0.865 e. The zero-order chi connectivity index (χ0) is 23.9. The van der Waals surface area contributed by atoms with Crippen LogP contribution in [0.1, 0.15) is 24.0 Å². The number of allylic oxidation sites excluding steroid dienone is 1. The van der Waals surface area contributed by atoms with Gasteiger partial charge in [-0.2, -0.15) is 5.26 Å². The molecule has 0 fully saturated rings. The van der Waals surface area contributed by atoms with Crippen molar-refractivity contribution >= 4 is 28.9 Å². The minimum atomic E-state index is -0.944. The van der Waals surface area contributed by atoms with Crippen LogP contribution in [0.25, 0.3) is 11.3 Å². The molecule has 0 radical (unpaired) electrons. The fourth-order valence-corrected chi connectivity index (χ4v) is 3.92. The fourth-order valence-electron chi connectivity index (χ4n) is 3.62. The van der Waals surface area contributed by atoms with Crippen LogP contribution in [-0.2, 0) is 0 Å². The molecule has 1 aromatic heterocycles. The van der Waals surface area contributed by atoms with Crippen molar-refractivity contribution in [2.45, 2.75) is 12.8 Å². The van der Waals surface area contributed by atoms with Crippen molar-refractivity contribution in [3.05, 3.63) is 73.1 Å². The van der Waals surface area contributed by atoms with Gasteiger partial charge in [0.15, 0.2) is 0 Å². The number of H-pyrrole nitrogens is 1. The van der Waals surface area contributed by atoms with Gasteiger partial charge >= 0.3 is 0 Å². The zero-order valence-electron chi connectivity index (χ0n) is 16.9. The van der Waals surface area contributed by atoms with Crippen LogP contribution in [0.4, 0.5) is 5.69 Å². The Balaban J connectivity index is 2.00. The number of halogens is 2. The van der Waals surface area contributed by atoms with Crippen molar-refractivity contribution in [1.82, 2.24) is 10.2 Å². The number of benzene rings is 2. The number of nitro groups is 1. The van der Waals surface area contributed by atoms with Gasteiger partial charge in [-0.05, 0) is 30.7 Å². The van der Waals surface area contributed by atoms with Crippen molar-refractivity contribution < 1.29 is 19.5 Å². The van der Waals surface area contributed by atoms with Crippen LogP contribution >= 0.6 is 23.2 Å². The van der Waals surface area contributed by atoms with E-state index in [1.165, 1.54) is 6.07 Å². The number of ether oxygens (including phenoxy) is 2. The number of hydrogen-bond donors (Lipinski definition) is 2. The molecule has 0 spiro atoms. The topological polar surface area (TPSA) is 163 Å². The lowest BCUT2D eigenvalue weighted by atomic mass is 9.82. The number of nitrogens with zero attached hydrogens (tertiary/aromatic N) is 3. The number of rotatable bonds is 5. The standard InChI is InChI=1S/C21H15Cl2N5O5/c1-2-32-15-7-10(6-14(19(15)29)28(30)31)16-11(8-24)20(25)33-21-17(16)18(26-27-21)9-3-4-12(22)13(23)5-9/h3-7,16,29H,2,25H2,1H3,(H,26,27)/p-1. The molecule has 0 bridgehead atoms. The first kappa shape index (κ1) is 22.3. The van der Waals surface area contributed by atoms with Gasteiger partial charge < -0.3 is 20.3 Å². The maximum atomic E-state index is 12.5. The first-order valence-corrected chi connectivity index (χ1v) is 10.3. The molecule has 33 heavy (non-hydrogen) atoms. The Labute approximate surface area is 196 Å². The Bertz CT molecular complexity index is 1360. The monoisotopic (exact) mass is 486 g/mol. The molecule has 1 aliphatic rings. The highest BCUT2D eigenvalue weighted by Crippen LogP contribution is 2.48. The highest BCUT2D eigenvalue weighted by molar-refractivity contribution is 6.42. The second-order valence-electron chi connectivity index (χ2n) is 6.93. The van der Waals surface area contributed by atoms with Crippen molar-refractivity contribution in [2.24, 2.45) is 5.73 Å². The molecule has 1 atom stereocenters. The third-order valence-corrected chi connectivity index (χ3v) is 5.77. The summed E-state index contributed by atoms with van der Waals surface area (Å²) in [7, 11) is 0. The van der Waals surface area contributed by atoms with E-state index in [1.807, 2.05) is 6.07 Å². The highest BCUT2D eigenvalue weighted by atomic mass is 35.5. The predicted octanol–water partition coefficient (Wildman–Crippen LogP) is 3.98. The highest BCUT2D eigenvalue weighted by Gasteiger charge is 2.37. The van der Waals surface area contributed by atoms with E-state index in [4.69, 9.17) is 38.4 Å². The molecule has 2 aromatic carbocycles. The van der Waals surface area contributed by atoms with Crippen molar-refractivity contribution in [1.29, 1.82) is 5.26 Å². The summed E-state index contributed by atoms with van der Waals surface area (Å²) in [6.45, 7) is 1.75. The Hall–Kier alpha value is -3.94. The molecule has 1 aliphatic heterocycles. The van der Waals surface area contributed by atoms with E-state index in [9.17, 15) is 20.5 Å². The van der Waals surface area contributed by atoms with Gasteiger partial charge in [-0.3, -0.25) is 15.2 Å². The quantitative estimate of drug-likeness (QED) is 0.403. The van der Waals surface area contributed by atoms with Crippen LogP contribution in [0.2, 0.25) is 10.0 Å². The Morgan fingerprint density at radius 1 is 1.33 bits per heavy atom. The van der Waals surface area contributed by atoms with Crippen LogP contribution in [0.5, 0.6) is 17.4 Å². The second kappa shape index (κ2) is 8.54. The van der Waals surface area contributed by atoms with Gasteiger partial charge in [0.2, 0.25) is 11.8 Å². The number of nitrogens with two attached hydrogens (primary N) is 1. The van der Waals surface area contributed by atoms with E-state index in [1.54, 1.807) is 25.1 Å². The summed E-state index contributed by atoms with van der Waals surface area (Å²) in [6.07, 6.45) is 0. The summed E-state index contributed by atoms with van der Waals surface area (Å²) >= 11 is 12.2. The maximum Gasteiger partial charge on any atom is 0.265 e. The molecular formula is C21H14Cl2N5O5-. The summed E-state index contributed by atoms with van der Waals surface area (Å²) in [5.41, 5.74) is 6.88. The first-order chi connectivity index (χ1) is 15.8. The summed E-state index contributed by atoms with van der Waals surface area (Å²) in [5.74, 6) is -2.17. The van der Waals surface area contributed by atoms with Crippen molar-refractivity contribution in [3.63, 3.8) is 0 Å². The van der Waals surface area contributed by atoms with Crippen molar-refractivity contribution in [2.75, 3.05) is 6.61 Å². The Morgan fingerprint density at radius 2 is 2.09 bits per heavy atom. The lowest BCUT2D eigenvalue weighted by molar-refractivity contribution is -0.398. The number of nitro benzene ring substituents is 1. The molecule has 168 valence electrons. The molecule has 4 rings (SSSR count). The summed E-state index contributed by atoms with van der Waals surface area (Å²) in [6, 6.07) is 9.32. The van der Waals surface area contributed by atoms with Crippen molar-refractivity contribution in [3.8, 4) is 34.7 Å². The molecule has 12 heteroatoms. The lowest BCUT2D eigenvalue weighted by Gasteiger charge is -2.25. The SMILES string of the molecule is CCOc1cc(C2C(C#N)=C(N)Oc3n[nH]c(-c4ccc(Cl)c(Cl)c4)c32)cc([N+](=O)[O-])c1[O-]. The van der Waals surface area contributed by atoms with Crippen LogP contribution in [0, 0.1) is 21.4 Å². The van der Waals surface area contributed by atoms with Gasteiger partial charge in [-0.25, -0.2) is 0 Å². The molecule has 0 saturated heterocycles. The summed E-state index contributed by atoms with van der Waals surface area (Å²) < 4.78 is 10.9. The molecule has 1 unspecified atom stereocenters. The second-order valence-corrected chi connectivity index (χ2v) is 7.74. The number of hydrogen-bond acceptors (Lipinski definition) is 8. The smallest absolute Gasteiger partial charge is 0.265 e. The number of aromatic nitrogens is 2. The molecule has 3 aromatic rings. The number of nitriles is 1. The molecule has 3 N–H and O–H groups in total.